The Hall–Kier alpha value is -1.81. The molecule has 0 spiro atoms. The molecule has 0 fully saturated rings. The van der Waals surface area contributed by atoms with Gasteiger partial charge in [-0.3, -0.25) is 0 Å². The van der Waals surface area contributed by atoms with Crippen molar-refractivity contribution in [2.75, 3.05) is 12.4 Å². The third kappa shape index (κ3) is 3.35. The predicted octanol–water partition coefficient (Wildman–Crippen LogP) is 3.63. The number of rotatable bonds is 4. The fourth-order valence-corrected chi connectivity index (χ4v) is 1.89. The summed E-state index contributed by atoms with van der Waals surface area (Å²) < 4.78 is 5.60. The lowest BCUT2D eigenvalue weighted by Crippen LogP contribution is -2.05. The molecular weight excluding hydrogens is 262 g/mol. The van der Waals surface area contributed by atoms with E-state index in [9.17, 15) is 0 Å². The standard InChI is InChI=1S/C14H16ClN3O/c1-9(2)19-13-5-4-10(6-11(13)15)12-7-14(16-3)18-8-17-12/h4-9H,1-3H3,(H,16,17,18). The number of anilines is 1. The van der Waals surface area contributed by atoms with Crippen LogP contribution in [0.4, 0.5) is 5.82 Å². The van der Waals surface area contributed by atoms with E-state index in [1.165, 1.54) is 6.33 Å². The van der Waals surface area contributed by atoms with Gasteiger partial charge in [-0.25, -0.2) is 9.97 Å². The first-order valence-electron chi connectivity index (χ1n) is 6.06. The van der Waals surface area contributed by atoms with E-state index < -0.39 is 0 Å². The molecule has 0 saturated heterocycles. The van der Waals surface area contributed by atoms with E-state index in [0.717, 1.165) is 17.1 Å². The molecule has 2 rings (SSSR count). The van der Waals surface area contributed by atoms with Crippen LogP contribution in [0.25, 0.3) is 11.3 Å². The van der Waals surface area contributed by atoms with Crippen LogP contribution in [0.5, 0.6) is 5.75 Å². The van der Waals surface area contributed by atoms with Crippen molar-refractivity contribution >= 4 is 17.4 Å². The molecule has 19 heavy (non-hydrogen) atoms. The molecule has 1 aromatic heterocycles. The lowest BCUT2D eigenvalue weighted by molar-refractivity contribution is 0.242. The zero-order valence-electron chi connectivity index (χ0n) is 11.1. The van der Waals surface area contributed by atoms with E-state index in [0.29, 0.717) is 10.8 Å². The molecule has 2 aromatic rings. The van der Waals surface area contributed by atoms with Gasteiger partial charge in [-0.1, -0.05) is 11.6 Å². The highest BCUT2D eigenvalue weighted by Gasteiger charge is 2.07. The maximum absolute atomic E-state index is 6.21. The van der Waals surface area contributed by atoms with Gasteiger partial charge in [0.05, 0.1) is 16.8 Å². The Balaban J connectivity index is 2.33. The van der Waals surface area contributed by atoms with Gasteiger partial charge >= 0.3 is 0 Å². The van der Waals surface area contributed by atoms with Crippen LogP contribution in [-0.2, 0) is 0 Å². The molecule has 100 valence electrons. The number of halogens is 1. The Bertz CT molecular complexity index is 572. The average Bonchev–Trinajstić information content (AvgIpc) is 2.40. The average molecular weight is 278 g/mol. The molecule has 1 heterocycles. The monoisotopic (exact) mass is 277 g/mol. The minimum atomic E-state index is 0.0956. The van der Waals surface area contributed by atoms with E-state index in [1.807, 2.05) is 45.2 Å². The van der Waals surface area contributed by atoms with Crippen LogP contribution in [0.1, 0.15) is 13.8 Å². The lowest BCUT2D eigenvalue weighted by atomic mass is 10.1. The van der Waals surface area contributed by atoms with Crippen LogP contribution < -0.4 is 10.1 Å². The molecule has 0 bridgehead atoms. The second-order valence-electron chi connectivity index (χ2n) is 4.35. The molecule has 0 aliphatic heterocycles. The van der Waals surface area contributed by atoms with Gasteiger partial charge in [-0.15, -0.1) is 0 Å². The topological polar surface area (TPSA) is 47.0 Å². The fourth-order valence-electron chi connectivity index (χ4n) is 1.66. The molecule has 0 unspecified atom stereocenters. The highest BCUT2D eigenvalue weighted by atomic mass is 35.5. The molecule has 5 heteroatoms. The SMILES string of the molecule is CNc1cc(-c2ccc(OC(C)C)c(Cl)c2)ncn1. The summed E-state index contributed by atoms with van der Waals surface area (Å²) in [5, 5.41) is 3.56. The summed E-state index contributed by atoms with van der Waals surface area (Å²) in [5.41, 5.74) is 1.75. The van der Waals surface area contributed by atoms with E-state index in [4.69, 9.17) is 16.3 Å². The summed E-state index contributed by atoms with van der Waals surface area (Å²) in [6.45, 7) is 3.93. The largest absolute Gasteiger partial charge is 0.489 e. The molecule has 1 N–H and O–H groups in total. The second-order valence-corrected chi connectivity index (χ2v) is 4.76. The van der Waals surface area contributed by atoms with Crippen molar-refractivity contribution in [1.29, 1.82) is 0 Å². The highest BCUT2D eigenvalue weighted by molar-refractivity contribution is 6.32. The first kappa shape index (κ1) is 13.6. The summed E-state index contributed by atoms with van der Waals surface area (Å²) in [7, 11) is 1.82. The first-order valence-corrected chi connectivity index (χ1v) is 6.44. The van der Waals surface area contributed by atoms with Crippen LogP contribution in [0, 0.1) is 0 Å². The summed E-state index contributed by atoms with van der Waals surface area (Å²) in [6.07, 6.45) is 1.62. The Labute approximate surface area is 117 Å². The number of hydrogen-bond donors (Lipinski definition) is 1. The maximum Gasteiger partial charge on any atom is 0.138 e. The van der Waals surface area contributed by atoms with E-state index >= 15 is 0 Å². The predicted molar refractivity (Wildman–Crippen MR) is 77.8 cm³/mol. The van der Waals surface area contributed by atoms with Crippen LogP contribution in [0.3, 0.4) is 0 Å². The van der Waals surface area contributed by atoms with Gasteiger partial charge in [-0.05, 0) is 32.0 Å². The van der Waals surface area contributed by atoms with Gasteiger partial charge in [0, 0.05) is 18.7 Å². The molecule has 0 saturated carbocycles. The summed E-state index contributed by atoms with van der Waals surface area (Å²) in [6, 6.07) is 7.51. The molecule has 0 aliphatic rings. The van der Waals surface area contributed by atoms with Crippen LogP contribution in [0.2, 0.25) is 5.02 Å². The van der Waals surface area contributed by atoms with Gasteiger partial charge in [0.1, 0.15) is 17.9 Å². The van der Waals surface area contributed by atoms with Crippen molar-refractivity contribution in [3.8, 4) is 17.0 Å². The van der Waals surface area contributed by atoms with E-state index in [-0.39, 0.29) is 6.10 Å². The van der Waals surface area contributed by atoms with Crippen LogP contribution in [0.15, 0.2) is 30.6 Å². The van der Waals surface area contributed by atoms with E-state index in [1.54, 1.807) is 0 Å². The molecular formula is C14H16ClN3O. The van der Waals surface area contributed by atoms with Crippen LogP contribution in [-0.4, -0.2) is 23.1 Å². The first-order chi connectivity index (χ1) is 9.10. The Kier molecular flexibility index (Phi) is 4.22. The second kappa shape index (κ2) is 5.89. The summed E-state index contributed by atoms with van der Waals surface area (Å²) in [4.78, 5) is 8.32. The summed E-state index contributed by atoms with van der Waals surface area (Å²) >= 11 is 6.21. The van der Waals surface area contributed by atoms with Crippen molar-refractivity contribution in [1.82, 2.24) is 9.97 Å². The minimum absolute atomic E-state index is 0.0956. The third-order valence-electron chi connectivity index (χ3n) is 2.51. The Morgan fingerprint density at radius 2 is 2.00 bits per heavy atom. The number of hydrogen-bond acceptors (Lipinski definition) is 4. The Morgan fingerprint density at radius 3 is 2.63 bits per heavy atom. The molecule has 0 atom stereocenters. The van der Waals surface area contributed by atoms with Gasteiger partial charge in [0.15, 0.2) is 0 Å². The third-order valence-corrected chi connectivity index (χ3v) is 2.81. The maximum atomic E-state index is 6.21. The van der Waals surface area contributed by atoms with Gasteiger partial charge in [-0.2, -0.15) is 0 Å². The number of nitrogens with zero attached hydrogens (tertiary/aromatic N) is 2. The lowest BCUT2D eigenvalue weighted by Gasteiger charge is -2.12. The number of benzene rings is 1. The van der Waals surface area contributed by atoms with Crippen molar-refractivity contribution in [2.24, 2.45) is 0 Å². The van der Waals surface area contributed by atoms with Gasteiger partial charge in [0.25, 0.3) is 0 Å². The molecule has 4 nitrogen and oxygen atoms in total. The van der Waals surface area contributed by atoms with Crippen molar-refractivity contribution < 1.29 is 4.74 Å². The number of ether oxygens (including phenoxy) is 1. The van der Waals surface area contributed by atoms with Gasteiger partial charge < -0.3 is 10.1 Å². The van der Waals surface area contributed by atoms with E-state index in [2.05, 4.69) is 15.3 Å². The number of aromatic nitrogens is 2. The molecule has 0 radical (unpaired) electrons. The molecule has 0 amide bonds. The quantitative estimate of drug-likeness (QED) is 0.927. The fraction of sp³-hybridized carbons (Fsp3) is 0.286. The van der Waals surface area contributed by atoms with Crippen molar-refractivity contribution in [3.63, 3.8) is 0 Å². The minimum Gasteiger partial charge on any atom is -0.489 e. The van der Waals surface area contributed by atoms with Gasteiger partial charge in [0.2, 0.25) is 0 Å². The zero-order chi connectivity index (χ0) is 13.8. The Morgan fingerprint density at radius 1 is 1.21 bits per heavy atom. The van der Waals surface area contributed by atoms with Crippen molar-refractivity contribution in [3.05, 3.63) is 35.6 Å². The van der Waals surface area contributed by atoms with Crippen molar-refractivity contribution in [2.45, 2.75) is 20.0 Å². The highest BCUT2D eigenvalue weighted by Crippen LogP contribution is 2.30. The molecule has 0 aliphatic carbocycles. The molecule has 1 aromatic carbocycles. The normalized spacial score (nSPS) is 10.6. The smallest absolute Gasteiger partial charge is 0.138 e. The van der Waals surface area contributed by atoms with Crippen LogP contribution >= 0.6 is 11.6 Å². The summed E-state index contributed by atoms with van der Waals surface area (Å²) in [5.74, 6) is 1.45. The zero-order valence-corrected chi connectivity index (χ0v) is 11.9. The number of nitrogens with one attached hydrogen (secondary N) is 1.